The van der Waals surface area contributed by atoms with Crippen LogP contribution >= 0.6 is 0 Å². The molecule has 0 aliphatic heterocycles. The molecule has 1 aliphatic rings. The van der Waals surface area contributed by atoms with E-state index in [1.54, 1.807) is 18.2 Å². The van der Waals surface area contributed by atoms with Crippen LogP contribution in [0.2, 0.25) is 0 Å². The van der Waals surface area contributed by atoms with Crippen LogP contribution in [0.1, 0.15) is 43.0 Å². The number of carbonyl (C=O) groups is 2. The van der Waals surface area contributed by atoms with Crippen molar-refractivity contribution in [3.63, 3.8) is 0 Å². The monoisotopic (exact) mass is 305 g/mol. The van der Waals surface area contributed by atoms with Gasteiger partial charge in [0.2, 0.25) is 0 Å². The molecule has 2 rings (SSSR count). The fourth-order valence-corrected chi connectivity index (χ4v) is 2.80. The Morgan fingerprint density at radius 2 is 2.09 bits per heavy atom. The second-order valence-electron chi connectivity index (χ2n) is 5.75. The van der Waals surface area contributed by atoms with Gasteiger partial charge in [-0.2, -0.15) is 0 Å². The molecular formula is C17H23NO4. The number of rotatable bonds is 6. The Bertz CT molecular complexity index is 529. The first-order chi connectivity index (χ1) is 10.6. The molecule has 1 aromatic rings. The number of methoxy groups -OCH3 is 1. The third kappa shape index (κ3) is 4.23. The van der Waals surface area contributed by atoms with Gasteiger partial charge in [-0.25, -0.2) is 0 Å². The van der Waals surface area contributed by atoms with Crippen LogP contribution in [0.5, 0.6) is 11.5 Å². The summed E-state index contributed by atoms with van der Waals surface area (Å²) in [4.78, 5) is 22.9. The van der Waals surface area contributed by atoms with E-state index in [0.717, 1.165) is 25.5 Å². The van der Waals surface area contributed by atoms with Gasteiger partial charge in [-0.3, -0.25) is 9.59 Å². The fourth-order valence-electron chi connectivity index (χ4n) is 2.80. The molecule has 0 heterocycles. The molecule has 0 spiro atoms. The average molecular weight is 305 g/mol. The summed E-state index contributed by atoms with van der Waals surface area (Å²) >= 11 is 0. The van der Waals surface area contributed by atoms with Crippen LogP contribution in [0.4, 0.5) is 0 Å². The third-order valence-corrected chi connectivity index (χ3v) is 4.14. The average Bonchev–Trinajstić information content (AvgIpc) is 2.54. The van der Waals surface area contributed by atoms with Crippen molar-refractivity contribution in [2.45, 2.75) is 38.6 Å². The summed E-state index contributed by atoms with van der Waals surface area (Å²) in [6.45, 7) is 2.09. The Kier molecular flexibility index (Phi) is 5.81. The Morgan fingerprint density at radius 3 is 2.77 bits per heavy atom. The minimum Gasteiger partial charge on any atom is -0.493 e. The molecule has 5 heteroatoms. The molecule has 120 valence electrons. The van der Waals surface area contributed by atoms with Gasteiger partial charge in [0.15, 0.2) is 18.1 Å². The Morgan fingerprint density at radius 1 is 1.32 bits per heavy atom. The molecule has 0 bridgehead atoms. The molecule has 1 N–H and O–H groups in total. The van der Waals surface area contributed by atoms with Crippen LogP contribution in [0.15, 0.2) is 18.2 Å². The summed E-state index contributed by atoms with van der Waals surface area (Å²) in [5.74, 6) is 1.27. The molecule has 1 fully saturated rings. The van der Waals surface area contributed by atoms with Crippen molar-refractivity contribution in [1.82, 2.24) is 5.32 Å². The van der Waals surface area contributed by atoms with Gasteiger partial charge in [-0.05, 0) is 37.0 Å². The third-order valence-electron chi connectivity index (χ3n) is 4.14. The van der Waals surface area contributed by atoms with Crippen LogP contribution < -0.4 is 14.8 Å². The lowest BCUT2D eigenvalue weighted by Gasteiger charge is -2.29. The topological polar surface area (TPSA) is 64.6 Å². The first kappa shape index (κ1) is 16.3. The highest BCUT2D eigenvalue weighted by Crippen LogP contribution is 2.27. The molecule has 0 unspecified atom stereocenters. The highest BCUT2D eigenvalue weighted by Gasteiger charge is 2.23. The van der Waals surface area contributed by atoms with Gasteiger partial charge in [-0.15, -0.1) is 0 Å². The van der Waals surface area contributed by atoms with Crippen molar-refractivity contribution in [2.24, 2.45) is 5.92 Å². The van der Waals surface area contributed by atoms with Crippen LogP contribution in [0.25, 0.3) is 0 Å². The van der Waals surface area contributed by atoms with Crippen LogP contribution in [0, 0.1) is 5.92 Å². The summed E-state index contributed by atoms with van der Waals surface area (Å²) in [6.07, 6.45) is 5.30. The van der Waals surface area contributed by atoms with Crippen molar-refractivity contribution >= 4 is 12.2 Å². The zero-order chi connectivity index (χ0) is 15.9. The standard InChI is InChI=1S/C17H23NO4/c1-12-5-3-4-6-14(12)18-17(20)11-22-16-9-13(10-19)7-8-15(16)21-2/h7-10,12,14H,3-6,11H2,1-2H3,(H,18,20)/t12-,14+/m0/s1. The second-order valence-corrected chi connectivity index (χ2v) is 5.75. The predicted octanol–water partition coefficient (Wildman–Crippen LogP) is 2.58. The van der Waals surface area contributed by atoms with E-state index in [0.29, 0.717) is 23.0 Å². The first-order valence-corrected chi connectivity index (χ1v) is 7.69. The Balaban J connectivity index is 1.91. The smallest absolute Gasteiger partial charge is 0.258 e. The maximum Gasteiger partial charge on any atom is 0.258 e. The SMILES string of the molecule is COc1ccc(C=O)cc1OCC(=O)N[C@@H]1CCCC[C@@H]1C. The van der Waals surface area contributed by atoms with Crippen LogP contribution in [-0.4, -0.2) is 32.0 Å². The van der Waals surface area contributed by atoms with Gasteiger partial charge in [0.25, 0.3) is 5.91 Å². The quantitative estimate of drug-likeness (QED) is 0.820. The van der Waals surface area contributed by atoms with E-state index in [2.05, 4.69) is 12.2 Å². The zero-order valence-electron chi connectivity index (χ0n) is 13.1. The minimum atomic E-state index is -0.141. The van der Waals surface area contributed by atoms with Crippen molar-refractivity contribution in [3.05, 3.63) is 23.8 Å². The van der Waals surface area contributed by atoms with Gasteiger partial charge in [-0.1, -0.05) is 19.8 Å². The summed E-state index contributed by atoms with van der Waals surface area (Å²) in [6, 6.07) is 5.10. The molecule has 1 amide bonds. The summed E-state index contributed by atoms with van der Waals surface area (Å²) in [5, 5.41) is 3.03. The molecule has 0 saturated heterocycles. The number of benzene rings is 1. The van der Waals surface area contributed by atoms with E-state index in [1.165, 1.54) is 13.5 Å². The second kappa shape index (κ2) is 7.82. The predicted molar refractivity (Wildman–Crippen MR) is 83.4 cm³/mol. The van der Waals surface area contributed by atoms with E-state index in [9.17, 15) is 9.59 Å². The highest BCUT2D eigenvalue weighted by molar-refractivity contribution is 5.79. The number of carbonyl (C=O) groups excluding carboxylic acids is 2. The van der Waals surface area contributed by atoms with Crippen LogP contribution in [-0.2, 0) is 4.79 Å². The van der Waals surface area contributed by atoms with Gasteiger partial charge >= 0.3 is 0 Å². The lowest BCUT2D eigenvalue weighted by atomic mass is 9.86. The summed E-state index contributed by atoms with van der Waals surface area (Å²) in [7, 11) is 1.52. The highest BCUT2D eigenvalue weighted by atomic mass is 16.5. The number of nitrogens with one attached hydrogen (secondary N) is 1. The van der Waals surface area contributed by atoms with Gasteiger partial charge in [0.05, 0.1) is 7.11 Å². The van der Waals surface area contributed by atoms with E-state index < -0.39 is 0 Å². The summed E-state index contributed by atoms with van der Waals surface area (Å²) < 4.78 is 10.7. The van der Waals surface area contributed by atoms with Crippen LogP contribution in [0.3, 0.4) is 0 Å². The first-order valence-electron chi connectivity index (χ1n) is 7.69. The minimum absolute atomic E-state index is 0.0815. The Hall–Kier alpha value is -2.04. The lowest BCUT2D eigenvalue weighted by molar-refractivity contribution is -0.124. The number of hydrogen-bond donors (Lipinski definition) is 1. The molecule has 2 atom stereocenters. The molecule has 1 aromatic carbocycles. The van der Waals surface area contributed by atoms with E-state index in [4.69, 9.17) is 9.47 Å². The van der Waals surface area contributed by atoms with Gasteiger partial charge in [0, 0.05) is 11.6 Å². The number of hydrogen-bond acceptors (Lipinski definition) is 4. The maximum atomic E-state index is 12.0. The molecule has 22 heavy (non-hydrogen) atoms. The molecule has 5 nitrogen and oxygen atoms in total. The normalized spacial score (nSPS) is 21.0. The number of ether oxygens (including phenoxy) is 2. The van der Waals surface area contributed by atoms with Crippen molar-refractivity contribution in [1.29, 1.82) is 0 Å². The number of aldehydes is 1. The summed E-state index contributed by atoms with van der Waals surface area (Å²) in [5.41, 5.74) is 0.483. The molecule has 0 radical (unpaired) electrons. The van der Waals surface area contributed by atoms with Crippen molar-refractivity contribution in [3.8, 4) is 11.5 Å². The fraction of sp³-hybridized carbons (Fsp3) is 0.529. The van der Waals surface area contributed by atoms with Crippen molar-refractivity contribution < 1.29 is 19.1 Å². The van der Waals surface area contributed by atoms with Gasteiger partial charge in [0.1, 0.15) is 6.29 Å². The van der Waals surface area contributed by atoms with E-state index in [1.807, 2.05) is 0 Å². The van der Waals surface area contributed by atoms with Crippen molar-refractivity contribution in [2.75, 3.05) is 13.7 Å². The molecule has 1 aliphatic carbocycles. The molecule has 1 saturated carbocycles. The Labute approximate surface area is 131 Å². The molecular weight excluding hydrogens is 282 g/mol. The van der Waals surface area contributed by atoms with E-state index in [-0.39, 0.29) is 18.6 Å². The van der Waals surface area contributed by atoms with Gasteiger partial charge < -0.3 is 14.8 Å². The zero-order valence-corrected chi connectivity index (χ0v) is 13.1. The largest absolute Gasteiger partial charge is 0.493 e. The number of amides is 1. The maximum absolute atomic E-state index is 12.0. The molecule has 0 aromatic heterocycles. The van der Waals surface area contributed by atoms with E-state index >= 15 is 0 Å². The lowest BCUT2D eigenvalue weighted by Crippen LogP contribution is -2.43.